The third-order valence-electron chi connectivity index (χ3n) is 6.30. The van der Waals surface area contributed by atoms with Crippen LogP contribution < -0.4 is 10.3 Å². The maximum absolute atomic E-state index is 12.6. The summed E-state index contributed by atoms with van der Waals surface area (Å²) < 4.78 is 9.17. The summed E-state index contributed by atoms with van der Waals surface area (Å²) in [6.07, 6.45) is 5.09. The van der Waals surface area contributed by atoms with Gasteiger partial charge in [-0.05, 0) is 45.2 Å². The molecule has 0 aliphatic carbocycles. The number of carbonyl (C=O) groups excluding carboxylic acids is 1. The highest BCUT2D eigenvalue weighted by Crippen LogP contribution is 2.35. The van der Waals surface area contributed by atoms with E-state index in [9.17, 15) is 9.59 Å². The largest absolute Gasteiger partial charge is 0.484 e. The van der Waals surface area contributed by atoms with Gasteiger partial charge in [-0.15, -0.1) is 0 Å². The van der Waals surface area contributed by atoms with E-state index in [-0.39, 0.29) is 24.1 Å². The number of piperidine rings is 1. The van der Waals surface area contributed by atoms with Gasteiger partial charge in [-0.1, -0.05) is 30.3 Å². The number of carbonyl (C=O) groups is 1. The number of rotatable bonds is 6. The molecule has 1 fully saturated rings. The molecule has 0 radical (unpaired) electrons. The molecule has 1 aliphatic heterocycles. The van der Waals surface area contributed by atoms with E-state index in [1.165, 1.54) is 17.2 Å². The third-order valence-corrected chi connectivity index (χ3v) is 6.30. The standard InChI is InChI=1S/C27H29N5O3/c1-19(2)32-24(33)12-11-22(28-32)26-23-17-21(35-18-25(34)30-14-7-4-8-15-30)13-16-31(23)29-27(26)20-9-5-3-6-10-20/h3,5-6,9-13,16-17,19H,4,7-8,14-15,18H2,1-2H3. The number of ether oxygens (including phenoxy) is 1. The summed E-state index contributed by atoms with van der Waals surface area (Å²) in [4.78, 5) is 26.8. The first kappa shape index (κ1) is 22.8. The molecule has 1 saturated heterocycles. The first-order chi connectivity index (χ1) is 17.0. The fraction of sp³-hybridized carbons (Fsp3) is 0.333. The Morgan fingerprint density at radius 2 is 1.77 bits per heavy atom. The highest BCUT2D eigenvalue weighted by molar-refractivity contribution is 5.91. The minimum Gasteiger partial charge on any atom is -0.484 e. The number of fused-ring (bicyclic) bond motifs is 1. The monoisotopic (exact) mass is 471 g/mol. The van der Waals surface area contributed by atoms with Crippen LogP contribution in [-0.4, -0.2) is 49.9 Å². The van der Waals surface area contributed by atoms with Gasteiger partial charge in [0.1, 0.15) is 11.4 Å². The van der Waals surface area contributed by atoms with Crippen LogP contribution in [0.2, 0.25) is 0 Å². The molecule has 0 atom stereocenters. The number of likely N-dealkylation sites (tertiary alicyclic amines) is 1. The second-order valence-electron chi connectivity index (χ2n) is 9.11. The van der Waals surface area contributed by atoms with E-state index in [1.807, 2.05) is 67.4 Å². The molecule has 1 aliphatic rings. The lowest BCUT2D eigenvalue weighted by molar-refractivity contribution is -0.134. The van der Waals surface area contributed by atoms with Gasteiger partial charge in [0.15, 0.2) is 6.61 Å². The van der Waals surface area contributed by atoms with Gasteiger partial charge in [0.05, 0.1) is 22.8 Å². The normalized spacial score (nSPS) is 14.0. The highest BCUT2D eigenvalue weighted by atomic mass is 16.5. The van der Waals surface area contributed by atoms with Crippen molar-refractivity contribution in [1.82, 2.24) is 24.3 Å². The molecule has 0 unspecified atom stereocenters. The molecule has 8 nitrogen and oxygen atoms in total. The molecule has 1 aromatic carbocycles. The Kier molecular flexibility index (Phi) is 6.35. The van der Waals surface area contributed by atoms with Crippen LogP contribution in [0.5, 0.6) is 5.75 Å². The lowest BCUT2D eigenvalue weighted by Crippen LogP contribution is -2.38. The molecule has 0 saturated carbocycles. The number of pyridine rings is 1. The maximum Gasteiger partial charge on any atom is 0.267 e. The van der Waals surface area contributed by atoms with Crippen molar-refractivity contribution in [3.8, 4) is 28.3 Å². The first-order valence-electron chi connectivity index (χ1n) is 12.1. The fourth-order valence-corrected chi connectivity index (χ4v) is 4.47. The summed E-state index contributed by atoms with van der Waals surface area (Å²) >= 11 is 0. The molecular weight excluding hydrogens is 442 g/mol. The van der Waals surface area contributed by atoms with E-state index in [4.69, 9.17) is 9.84 Å². The van der Waals surface area contributed by atoms with Gasteiger partial charge in [-0.2, -0.15) is 10.2 Å². The number of aromatic nitrogens is 4. The van der Waals surface area contributed by atoms with E-state index >= 15 is 0 Å². The van der Waals surface area contributed by atoms with Crippen LogP contribution in [0, 0.1) is 0 Å². The van der Waals surface area contributed by atoms with Crippen LogP contribution in [0.4, 0.5) is 0 Å². The quantitative estimate of drug-likeness (QED) is 0.421. The summed E-state index contributed by atoms with van der Waals surface area (Å²) in [6.45, 7) is 5.45. The maximum atomic E-state index is 12.6. The van der Waals surface area contributed by atoms with Crippen LogP contribution in [0.25, 0.3) is 28.0 Å². The minimum absolute atomic E-state index is 0.00165. The fourth-order valence-electron chi connectivity index (χ4n) is 4.47. The first-order valence-corrected chi connectivity index (χ1v) is 12.1. The molecule has 4 aromatic rings. The van der Waals surface area contributed by atoms with Crippen molar-refractivity contribution in [3.63, 3.8) is 0 Å². The van der Waals surface area contributed by atoms with Crippen LogP contribution in [0.15, 0.2) is 65.6 Å². The number of nitrogens with zero attached hydrogens (tertiary/aromatic N) is 5. The van der Waals surface area contributed by atoms with E-state index in [1.54, 1.807) is 10.6 Å². The molecular formula is C27H29N5O3. The average Bonchev–Trinajstić information content (AvgIpc) is 3.27. The SMILES string of the molecule is CC(C)n1nc(-c2c(-c3ccccc3)nn3ccc(OCC(=O)N4CCCCC4)cc23)ccc1=O. The molecule has 1 amide bonds. The molecule has 180 valence electrons. The second kappa shape index (κ2) is 9.74. The Balaban J connectivity index is 1.56. The van der Waals surface area contributed by atoms with Crippen LogP contribution in [-0.2, 0) is 4.79 Å². The topological polar surface area (TPSA) is 81.7 Å². The molecule has 8 heteroatoms. The molecule has 4 heterocycles. The number of amides is 1. The van der Waals surface area contributed by atoms with E-state index in [0.29, 0.717) is 11.4 Å². The zero-order valence-corrected chi connectivity index (χ0v) is 20.1. The number of hydrogen-bond donors (Lipinski definition) is 0. The Morgan fingerprint density at radius 3 is 2.51 bits per heavy atom. The van der Waals surface area contributed by atoms with Crippen LogP contribution in [0.3, 0.4) is 0 Å². The smallest absolute Gasteiger partial charge is 0.267 e. The number of benzene rings is 1. The van der Waals surface area contributed by atoms with E-state index in [0.717, 1.165) is 48.3 Å². The molecule has 0 bridgehead atoms. The van der Waals surface area contributed by atoms with Gasteiger partial charge in [0.2, 0.25) is 0 Å². The summed E-state index contributed by atoms with van der Waals surface area (Å²) in [5.41, 5.74) is 3.79. The Bertz CT molecular complexity index is 1400. The zero-order valence-electron chi connectivity index (χ0n) is 20.1. The van der Waals surface area contributed by atoms with E-state index < -0.39 is 0 Å². The zero-order chi connectivity index (χ0) is 24.4. The van der Waals surface area contributed by atoms with E-state index in [2.05, 4.69) is 5.10 Å². The minimum atomic E-state index is -0.151. The highest BCUT2D eigenvalue weighted by Gasteiger charge is 2.21. The van der Waals surface area contributed by atoms with Gasteiger partial charge < -0.3 is 9.64 Å². The van der Waals surface area contributed by atoms with Gasteiger partial charge in [-0.3, -0.25) is 9.59 Å². The lowest BCUT2D eigenvalue weighted by atomic mass is 10.0. The van der Waals surface area contributed by atoms with Crippen molar-refractivity contribution >= 4 is 11.4 Å². The van der Waals surface area contributed by atoms with Gasteiger partial charge in [0, 0.05) is 37.0 Å². The second-order valence-corrected chi connectivity index (χ2v) is 9.11. The Hall–Kier alpha value is -3.94. The van der Waals surface area contributed by atoms with Crippen molar-refractivity contribution in [2.45, 2.75) is 39.2 Å². The van der Waals surface area contributed by atoms with Crippen molar-refractivity contribution < 1.29 is 9.53 Å². The summed E-state index contributed by atoms with van der Waals surface area (Å²) in [6, 6.07) is 16.8. The predicted octanol–water partition coefficient (Wildman–Crippen LogP) is 4.20. The van der Waals surface area contributed by atoms with Crippen LogP contribution >= 0.6 is 0 Å². The van der Waals surface area contributed by atoms with Gasteiger partial charge >= 0.3 is 0 Å². The summed E-state index contributed by atoms with van der Waals surface area (Å²) in [5, 5.41) is 9.49. The molecule has 0 N–H and O–H groups in total. The summed E-state index contributed by atoms with van der Waals surface area (Å²) in [5.74, 6) is 0.592. The van der Waals surface area contributed by atoms with Crippen molar-refractivity contribution in [2.75, 3.05) is 19.7 Å². The molecule has 5 rings (SSSR count). The molecule has 0 spiro atoms. The molecule has 35 heavy (non-hydrogen) atoms. The Labute approximate surface area is 203 Å². The lowest BCUT2D eigenvalue weighted by Gasteiger charge is -2.26. The average molecular weight is 472 g/mol. The van der Waals surface area contributed by atoms with Crippen molar-refractivity contribution in [3.05, 3.63) is 71.1 Å². The molecule has 3 aromatic heterocycles. The van der Waals surface area contributed by atoms with Crippen LogP contribution in [0.1, 0.15) is 39.2 Å². The van der Waals surface area contributed by atoms with Crippen molar-refractivity contribution in [1.29, 1.82) is 0 Å². The number of hydrogen-bond acceptors (Lipinski definition) is 5. The van der Waals surface area contributed by atoms with Gasteiger partial charge in [-0.25, -0.2) is 9.20 Å². The third kappa shape index (κ3) is 4.69. The predicted molar refractivity (Wildman–Crippen MR) is 134 cm³/mol. The van der Waals surface area contributed by atoms with Gasteiger partial charge in [0.25, 0.3) is 11.5 Å². The Morgan fingerprint density at radius 1 is 1.00 bits per heavy atom. The van der Waals surface area contributed by atoms with Crippen molar-refractivity contribution in [2.24, 2.45) is 0 Å². The summed E-state index contributed by atoms with van der Waals surface area (Å²) in [7, 11) is 0.